The summed E-state index contributed by atoms with van der Waals surface area (Å²) in [6, 6.07) is 9.43. The van der Waals surface area contributed by atoms with E-state index in [0.29, 0.717) is 6.61 Å². The molecule has 0 aliphatic carbocycles. The summed E-state index contributed by atoms with van der Waals surface area (Å²) in [7, 11) is 0. The molecule has 0 unspecified atom stereocenters. The van der Waals surface area contributed by atoms with Gasteiger partial charge in [0.1, 0.15) is 6.61 Å². The largest absolute Gasteiger partial charge is 0.466 e. The molecule has 0 heterocycles. The fraction of sp³-hybridized carbons (Fsp3) is 0.467. The van der Waals surface area contributed by atoms with Gasteiger partial charge in [-0.3, -0.25) is 9.59 Å². The zero-order valence-electron chi connectivity index (χ0n) is 11.6. The third-order valence-electron chi connectivity index (χ3n) is 3.00. The molecule has 1 aromatic rings. The number of hydrogen-bond acceptors (Lipinski definition) is 4. The minimum absolute atomic E-state index is 0.222. The fourth-order valence-electron chi connectivity index (χ4n) is 1.54. The van der Waals surface area contributed by atoms with Crippen LogP contribution < -0.4 is 0 Å². The van der Waals surface area contributed by atoms with Crippen molar-refractivity contribution in [2.24, 2.45) is 11.8 Å². The van der Waals surface area contributed by atoms with Gasteiger partial charge in [-0.05, 0) is 12.5 Å². The van der Waals surface area contributed by atoms with E-state index in [1.54, 1.807) is 20.8 Å². The van der Waals surface area contributed by atoms with Gasteiger partial charge in [0, 0.05) is 0 Å². The third-order valence-corrected chi connectivity index (χ3v) is 3.00. The fourth-order valence-corrected chi connectivity index (χ4v) is 1.54. The Bertz CT molecular complexity index is 413. The van der Waals surface area contributed by atoms with Crippen molar-refractivity contribution in [3.8, 4) is 0 Å². The van der Waals surface area contributed by atoms with E-state index < -0.39 is 11.8 Å². The highest BCUT2D eigenvalue weighted by Crippen LogP contribution is 2.15. The van der Waals surface area contributed by atoms with Crippen molar-refractivity contribution in [2.45, 2.75) is 27.4 Å². The predicted molar refractivity (Wildman–Crippen MR) is 71.2 cm³/mol. The second-order valence-corrected chi connectivity index (χ2v) is 4.42. The number of hydrogen-bond donors (Lipinski definition) is 0. The predicted octanol–water partition coefficient (Wildman–Crippen LogP) is 2.57. The number of carbonyl (C=O) groups excluding carboxylic acids is 2. The lowest BCUT2D eigenvalue weighted by atomic mass is 9.96. The normalized spacial score (nSPS) is 13.4. The monoisotopic (exact) mass is 264 g/mol. The molecule has 0 aliphatic rings. The molecule has 19 heavy (non-hydrogen) atoms. The molecule has 104 valence electrons. The van der Waals surface area contributed by atoms with Crippen molar-refractivity contribution in [3.63, 3.8) is 0 Å². The van der Waals surface area contributed by atoms with E-state index in [1.807, 2.05) is 30.3 Å². The van der Waals surface area contributed by atoms with Gasteiger partial charge in [-0.15, -0.1) is 0 Å². The second-order valence-electron chi connectivity index (χ2n) is 4.42. The van der Waals surface area contributed by atoms with E-state index in [1.165, 1.54) is 0 Å². The number of rotatable bonds is 6. The van der Waals surface area contributed by atoms with Gasteiger partial charge in [0.15, 0.2) is 0 Å². The molecule has 0 N–H and O–H groups in total. The van der Waals surface area contributed by atoms with Crippen LogP contribution in [0.3, 0.4) is 0 Å². The summed E-state index contributed by atoms with van der Waals surface area (Å²) < 4.78 is 10.1. The molecule has 1 aromatic carbocycles. The van der Waals surface area contributed by atoms with Crippen molar-refractivity contribution in [1.29, 1.82) is 0 Å². The number of carbonyl (C=O) groups is 2. The Hall–Kier alpha value is -1.84. The van der Waals surface area contributed by atoms with Gasteiger partial charge in [0.2, 0.25) is 0 Å². The zero-order valence-corrected chi connectivity index (χ0v) is 11.6. The Morgan fingerprint density at radius 1 is 1.00 bits per heavy atom. The quantitative estimate of drug-likeness (QED) is 0.741. The average Bonchev–Trinajstić information content (AvgIpc) is 2.44. The third kappa shape index (κ3) is 4.73. The molecule has 0 aliphatic heterocycles. The van der Waals surface area contributed by atoms with Crippen molar-refractivity contribution in [3.05, 3.63) is 35.9 Å². The van der Waals surface area contributed by atoms with Gasteiger partial charge in [-0.2, -0.15) is 0 Å². The summed E-state index contributed by atoms with van der Waals surface area (Å²) in [6.45, 7) is 5.62. The summed E-state index contributed by atoms with van der Waals surface area (Å²) in [5.74, 6) is -1.76. The van der Waals surface area contributed by atoms with Crippen LogP contribution in [-0.2, 0) is 25.7 Å². The summed E-state index contributed by atoms with van der Waals surface area (Å²) >= 11 is 0. The van der Waals surface area contributed by atoms with Crippen LogP contribution in [0.2, 0.25) is 0 Å². The Kier molecular flexibility index (Phi) is 6.06. The van der Waals surface area contributed by atoms with Gasteiger partial charge in [0.25, 0.3) is 0 Å². The summed E-state index contributed by atoms with van der Waals surface area (Å²) in [5.41, 5.74) is 0.923. The van der Waals surface area contributed by atoms with E-state index in [-0.39, 0.29) is 18.5 Å². The average molecular weight is 264 g/mol. The molecule has 0 aromatic heterocycles. The van der Waals surface area contributed by atoms with E-state index in [0.717, 1.165) is 5.56 Å². The summed E-state index contributed by atoms with van der Waals surface area (Å²) in [4.78, 5) is 23.4. The van der Waals surface area contributed by atoms with Gasteiger partial charge < -0.3 is 9.47 Å². The maximum Gasteiger partial charge on any atom is 0.309 e. The van der Waals surface area contributed by atoms with E-state index in [4.69, 9.17) is 9.47 Å². The maximum absolute atomic E-state index is 11.8. The molecular formula is C15H20O4. The first-order chi connectivity index (χ1) is 9.06. The first-order valence-electron chi connectivity index (χ1n) is 6.43. The minimum Gasteiger partial charge on any atom is -0.466 e. The van der Waals surface area contributed by atoms with E-state index in [2.05, 4.69) is 0 Å². The molecule has 2 atom stereocenters. The van der Waals surface area contributed by atoms with Gasteiger partial charge >= 0.3 is 11.9 Å². The second kappa shape index (κ2) is 7.56. The van der Waals surface area contributed by atoms with Crippen LogP contribution in [0.4, 0.5) is 0 Å². The van der Waals surface area contributed by atoms with Crippen LogP contribution in [-0.4, -0.2) is 18.5 Å². The molecule has 0 spiro atoms. The minimum atomic E-state index is -0.511. The van der Waals surface area contributed by atoms with Crippen LogP contribution >= 0.6 is 0 Å². The Morgan fingerprint density at radius 3 is 2.05 bits per heavy atom. The SMILES string of the molecule is CCOC(=O)[C@@H](C)[C@H](C)C(=O)OCc1ccccc1. The first kappa shape index (κ1) is 15.2. The van der Waals surface area contributed by atoms with Gasteiger partial charge in [-0.1, -0.05) is 44.2 Å². The van der Waals surface area contributed by atoms with Gasteiger partial charge in [-0.25, -0.2) is 0 Å². The van der Waals surface area contributed by atoms with Crippen LogP contribution in [0.5, 0.6) is 0 Å². The maximum atomic E-state index is 11.8. The molecule has 0 amide bonds. The lowest BCUT2D eigenvalue weighted by Gasteiger charge is -2.17. The van der Waals surface area contributed by atoms with Crippen molar-refractivity contribution in [2.75, 3.05) is 6.61 Å². The molecule has 0 saturated heterocycles. The first-order valence-corrected chi connectivity index (χ1v) is 6.43. The van der Waals surface area contributed by atoms with Crippen LogP contribution in [0.25, 0.3) is 0 Å². The van der Waals surface area contributed by atoms with Crippen molar-refractivity contribution >= 4 is 11.9 Å². The number of esters is 2. The standard InChI is InChI=1S/C15H20O4/c1-4-18-14(16)11(2)12(3)15(17)19-10-13-8-6-5-7-9-13/h5-9,11-12H,4,10H2,1-3H3/t11-,12-/m0/s1. The molecule has 0 fully saturated rings. The van der Waals surface area contributed by atoms with Gasteiger partial charge in [0.05, 0.1) is 18.4 Å². The Labute approximate surface area is 113 Å². The highest BCUT2D eigenvalue weighted by atomic mass is 16.5. The van der Waals surface area contributed by atoms with Crippen molar-refractivity contribution in [1.82, 2.24) is 0 Å². The molecule has 0 radical (unpaired) electrons. The highest BCUT2D eigenvalue weighted by Gasteiger charge is 2.28. The Balaban J connectivity index is 2.46. The molecular weight excluding hydrogens is 244 g/mol. The summed E-state index contributed by atoms with van der Waals surface area (Å²) in [6.07, 6.45) is 0. The number of benzene rings is 1. The van der Waals surface area contributed by atoms with E-state index in [9.17, 15) is 9.59 Å². The van der Waals surface area contributed by atoms with E-state index >= 15 is 0 Å². The Morgan fingerprint density at radius 2 is 1.53 bits per heavy atom. The topological polar surface area (TPSA) is 52.6 Å². The smallest absolute Gasteiger partial charge is 0.309 e. The van der Waals surface area contributed by atoms with Crippen LogP contribution in [0, 0.1) is 11.8 Å². The number of ether oxygens (including phenoxy) is 2. The lowest BCUT2D eigenvalue weighted by Crippen LogP contribution is -2.28. The van der Waals surface area contributed by atoms with Crippen molar-refractivity contribution < 1.29 is 19.1 Å². The molecule has 1 rings (SSSR count). The highest BCUT2D eigenvalue weighted by molar-refractivity contribution is 5.81. The zero-order chi connectivity index (χ0) is 14.3. The molecule has 0 saturated carbocycles. The molecule has 4 nitrogen and oxygen atoms in total. The molecule has 0 bridgehead atoms. The van der Waals surface area contributed by atoms with Crippen LogP contribution in [0.15, 0.2) is 30.3 Å². The summed E-state index contributed by atoms with van der Waals surface area (Å²) in [5, 5.41) is 0. The van der Waals surface area contributed by atoms with Crippen LogP contribution in [0.1, 0.15) is 26.3 Å². The lowest BCUT2D eigenvalue weighted by molar-refractivity contribution is -0.159. The molecule has 4 heteroatoms.